The van der Waals surface area contributed by atoms with Gasteiger partial charge in [-0.2, -0.15) is 0 Å². The van der Waals surface area contributed by atoms with E-state index in [-0.39, 0.29) is 18.4 Å². The standard InChI is InChI=1S/C24H29BrN4O6S/c1-15-13-17(6-7-19(15)29-11-12-34-14-21(29)31)27-23(32)18(5-3-4-10-26-16(2)30)28-24(33)35-22-9-8-20(25)36-22/h6-9,13,18H,3-5,10-12,14H2,1-2H3,(H,26,30)(H,27,32)(H,28,33). The lowest BCUT2D eigenvalue weighted by molar-refractivity contribution is -0.125. The first kappa shape index (κ1) is 27.6. The van der Waals surface area contributed by atoms with E-state index in [1.54, 1.807) is 35.2 Å². The Hall–Kier alpha value is -2.96. The summed E-state index contributed by atoms with van der Waals surface area (Å²) in [5.41, 5.74) is 2.13. The maximum Gasteiger partial charge on any atom is 0.414 e. The number of unbranched alkanes of at least 4 members (excludes halogenated alkanes) is 1. The van der Waals surface area contributed by atoms with Crippen molar-refractivity contribution in [1.29, 1.82) is 0 Å². The Balaban J connectivity index is 1.64. The first-order valence-corrected chi connectivity index (χ1v) is 13.1. The molecule has 0 aliphatic carbocycles. The Morgan fingerprint density at radius 1 is 1.22 bits per heavy atom. The predicted octanol–water partition coefficient (Wildman–Crippen LogP) is 3.58. The smallest absolute Gasteiger partial charge is 0.399 e. The van der Waals surface area contributed by atoms with E-state index in [9.17, 15) is 19.2 Å². The van der Waals surface area contributed by atoms with E-state index in [1.807, 2.05) is 6.92 Å². The molecule has 2 aromatic rings. The van der Waals surface area contributed by atoms with Gasteiger partial charge in [-0.3, -0.25) is 14.4 Å². The molecule has 1 aliphatic heterocycles. The van der Waals surface area contributed by atoms with Crippen LogP contribution in [-0.4, -0.2) is 56.2 Å². The van der Waals surface area contributed by atoms with E-state index in [0.717, 1.165) is 15.0 Å². The number of morpholine rings is 1. The zero-order valence-corrected chi connectivity index (χ0v) is 22.5. The summed E-state index contributed by atoms with van der Waals surface area (Å²) in [7, 11) is 0. The van der Waals surface area contributed by atoms with Crippen molar-refractivity contribution < 1.29 is 28.7 Å². The van der Waals surface area contributed by atoms with E-state index in [0.29, 0.717) is 49.7 Å². The monoisotopic (exact) mass is 580 g/mol. The lowest BCUT2D eigenvalue weighted by atomic mass is 10.1. The van der Waals surface area contributed by atoms with Crippen molar-refractivity contribution in [1.82, 2.24) is 10.6 Å². The Bertz CT molecular complexity index is 1110. The molecule has 10 nitrogen and oxygen atoms in total. The number of thiophene rings is 1. The van der Waals surface area contributed by atoms with E-state index in [2.05, 4.69) is 31.9 Å². The van der Waals surface area contributed by atoms with Gasteiger partial charge < -0.3 is 30.3 Å². The predicted molar refractivity (Wildman–Crippen MR) is 140 cm³/mol. The van der Waals surface area contributed by atoms with Crippen LogP contribution in [0.4, 0.5) is 16.2 Å². The number of ether oxygens (including phenoxy) is 2. The molecular weight excluding hydrogens is 552 g/mol. The number of amides is 4. The minimum Gasteiger partial charge on any atom is -0.399 e. The van der Waals surface area contributed by atoms with Gasteiger partial charge in [0.25, 0.3) is 5.91 Å². The van der Waals surface area contributed by atoms with Gasteiger partial charge in [-0.05, 0) is 78.0 Å². The van der Waals surface area contributed by atoms with Crippen LogP contribution in [0, 0.1) is 6.92 Å². The second-order valence-corrected chi connectivity index (χ2v) is 10.6. The van der Waals surface area contributed by atoms with Gasteiger partial charge in [0, 0.05) is 31.4 Å². The van der Waals surface area contributed by atoms with Gasteiger partial charge in [-0.15, -0.1) is 0 Å². The fraction of sp³-hybridized carbons (Fsp3) is 0.417. The van der Waals surface area contributed by atoms with Crippen molar-refractivity contribution in [3.63, 3.8) is 0 Å². The Kier molecular flexibility index (Phi) is 10.3. The van der Waals surface area contributed by atoms with Crippen molar-refractivity contribution in [3.05, 3.63) is 39.7 Å². The highest BCUT2D eigenvalue weighted by Gasteiger charge is 2.24. The molecule has 3 rings (SSSR count). The third-order valence-corrected chi connectivity index (χ3v) is 6.89. The van der Waals surface area contributed by atoms with Crippen LogP contribution in [0.1, 0.15) is 31.7 Å². The van der Waals surface area contributed by atoms with Gasteiger partial charge in [0.15, 0.2) is 5.06 Å². The molecule has 1 fully saturated rings. The summed E-state index contributed by atoms with van der Waals surface area (Å²) in [5.74, 6) is -0.625. The Labute approximate surface area is 221 Å². The molecule has 4 amide bonds. The van der Waals surface area contributed by atoms with Crippen LogP contribution in [-0.2, 0) is 19.1 Å². The SMILES string of the molecule is CC(=O)NCCCCC(NC(=O)Oc1ccc(Br)s1)C(=O)Nc1ccc(N2CCOCC2=O)c(C)c1. The number of hydrogen-bond acceptors (Lipinski definition) is 7. The van der Waals surface area contributed by atoms with Crippen molar-refractivity contribution in [2.45, 2.75) is 39.2 Å². The molecule has 1 saturated heterocycles. The van der Waals surface area contributed by atoms with Crippen LogP contribution in [0.15, 0.2) is 34.1 Å². The maximum atomic E-state index is 13.1. The van der Waals surface area contributed by atoms with Crippen molar-refractivity contribution in [2.24, 2.45) is 0 Å². The summed E-state index contributed by atoms with van der Waals surface area (Å²) >= 11 is 4.57. The largest absolute Gasteiger partial charge is 0.414 e. The summed E-state index contributed by atoms with van der Waals surface area (Å²) in [6.45, 7) is 4.78. The van der Waals surface area contributed by atoms with Gasteiger partial charge >= 0.3 is 6.09 Å². The zero-order chi connectivity index (χ0) is 26.1. The van der Waals surface area contributed by atoms with Crippen LogP contribution in [0.25, 0.3) is 0 Å². The van der Waals surface area contributed by atoms with Gasteiger partial charge in [0.05, 0.1) is 10.4 Å². The molecule has 1 atom stereocenters. The van der Waals surface area contributed by atoms with Crippen LogP contribution in [0.3, 0.4) is 0 Å². The molecule has 1 aromatic carbocycles. The van der Waals surface area contributed by atoms with Gasteiger partial charge in [0.1, 0.15) is 12.6 Å². The fourth-order valence-corrected chi connectivity index (χ4v) is 4.85. The van der Waals surface area contributed by atoms with Crippen molar-refractivity contribution >= 4 is 62.5 Å². The molecule has 0 bridgehead atoms. The quantitative estimate of drug-likeness (QED) is 0.369. The molecule has 2 heterocycles. The van der Waals surface area contributed by atoms with Gasteiger partial charge in [0.2, 0.25) is 11.8 Å². The highest BCUT2D eigenvalue weighted by atomic mass is 79.9. The molecule has 1 aliphatic rings. The fourth-order valence-electron chi connectivity index (χ4n) is 3.66. The molecular formula is C24H29BrN4O6S. The summed E-state index contributed by atoms with van der Waals surface area (Å²) in [6, 6.07) is 7.85. The maximum absolute atomic E-state index is 13.1. The molecule has 36 heavy (non-hydrogen) atoms. The van der Waals surface area contributed by atoms with Crippen LogP contribution < -0.4 is 25.6 Å². The molecule has 1 unspecified atom stereocenters. The number of hydrogen-bond donors (Lipinski definition) is 3. The first-order chi connectivity index (χ1) is 17.2. The third-order valence-electron chi connectivity index (χ3n) is 5.38. The molecule has 12 heteroatoms. The second kappa shape index (κ2) is 13.4. The van der Waals surface area contributed by atoms with Crippen LogP contribution in [0.5, 0.6) is 5.06 Å². The summed E-state index contributed by atoms with van der Waals surface area (Å²) in [4.78, 5) is 50.4. The van der Waals surface area contributed by atoms with Crippen molar-refractivity contribution in [3.8, 4) is 5.06 Å². The Morgan fingerprint density at radius 2 is 2.03 bits per heavy atom. The number of carbonyl (C=O) groups is 4. The van der Waals surface area contributed by atoms with Gasteiger partial charge in [-0.25, -0.2) is 4.79 Å². The van der Waals surface area contributed by atoms with E-state index in [1.165, 1.54) is 18.3 Å². The number of nitrogens with zero attached hydrogens (tertiary/aromatic N) is 1. The molecule has 0 radical (unpaired) electrons. The number of anilines is 2. The van der Waals surface area contributed by atoms with Crippen LogP contribution >= 0.6 is 27.3 Å². The lowest BCUT2D eigenvalue weighted by Gasteiger charge is -2.28. The highest BCUT2D eigenvalue weighted by molar-refractivity contribution is 9.11. The number of aryl methyl sites for hydroxylation is 1. The van der Waals surface area contributed by atoms with E-state index < -0.39 is 18.0 Å². The normalized spacial score (nSPS) is 14.2. The molecule has 0 spiro atoms. The molecule has 3 N–H and O–H groups in total. The first-order valence-electron chi connectivity index (χ1n) is 11.5. The number of halogens is 1. The lowest BCUT2D eigenvalue weighted by Crippen LogP contribution is -2.45. The number of nitrogens with one attached hydrogen (secondary N) is 3. The topological polar surface area (TPSA) is 126 Å². The van der Waals surface area contributed by atoms with E-state index in [4.69, 9.17) is 9.47 Å². The number of carbonyl (C=O) groups excluding carboxylic acids is 4. The molecule has 1 aromatic heterocycles. The molecule has 0 saturated carbocycles. The Morgan fingerprint density at radius 3 is 2.69 bits per heavy atom. The molecule has 194 valence electrons. The number of benzene rings is 1. The summed E-state index contributed by atoms with van der Waals surface area (Å²) < 4.78 is 11.3. The van der Waals surface area contributed by atoms with Gasteiger partial charge in [-0.1, -0.05) is 11.3 Å². The van der Waals surface area contributed by atoms with Crippen molar-refractivity contribution in [2.75, 3.05) is 36.5 Å². The van der Waals surface area contributed by atoms with Crippen LogP contribution in [0.2, 0.25) is 0 Å². The summed E-state index contributed by atoms with van der Waals surface area (Å²) in [6.07, 6.45) is 0.872. The van der Waals surface area contributed by atoms with E-state index >= 15 is 0 Å². The minimum atomic E-state index is -0.848. The minimum absolute atomic E-state index is 0.0474. The third kappa shape index (κ3) is 8.32. The zero-order valence-electron chi connectivity index (χ0n) is 20.1. The average molecular weight is 581 g/mol. The summed E-state index contributed by atoms with van der Waals surface area (Å²) in [5, 5.41) is 8.60. The highest BCUT2D eigenvalue weighted by Crippen LogP contribution is 2.29. The number of rotatable bonds is 10. The second-order valence-electron chi connectivity index (χ2n) is 8.21. The average Bonchev–Trinajstić information content (AvgIpc) is 3.23.